The lowest BCUT2D eigenvalue weighted by Crippen LogP contribution is -2.20. The third kappa shape index (κ3) is 2.53. The van der Waals surface area contributed by atoms with Gasteiger partial charge in [0, 0.05) is 20.6 Å². The maximum atomic E-state index is 5.21. The Hall–Kier alpha value is -1.82. The van der Waals surface area contributed by atoms with Crippen molar-refractivity contribution in [3.63, 3.8) is 0 Å². The quantitative estimate of drug-likeness (QED) is 0.859. The second kappa shape index (κ2) is 5.22. The molecule has 0 aliphatic carbocycles. The summed E-state index contributed by atoms with van der Waals surface area (Å²) in [6.45, 7) is 0.741. The van der Waals surface area contributed by atoms with Gasteiger partial charge >= 0.3 is 0 Å². The number of nitrogens with zero attached hydrogens (tertiary/aromatic N) is 3. The third-order valence-electron chi connectivity index (χ3n) is 2.75. The van der Waals surface area contributed by atoms with Crippen LogP contribution in [0.3, 0.4) is 0 Å². The smallest absolute Gasteiger partial charge is 0.225 e. The molecule has 0 saturated carbocycles. The van der Waals surface area contributed by atoms with Crippen LogP contribution in [0.4, 0.5) is 5.95 Å². The maximum Gasteiger partial charge on any atom is 0.225 e. The first-order valence-electron chi connectivity index (χ1n) is 5.57. The molecule has 96 valence electrons. The van der Waals surface area contributed by atoms with Crippen molar-refractivity contribution in [2.45, 2.75) is 6.54 Å². The van der Waals surface area contributed by atoms with Gasteiger partial charge in [0.05, 0.1) is 7.11 Å². The highest BCUT2D eigenvalue weighted by atomic mass is 32.1. The average molecular weight is 264 g/mol. The summed E-state index contributed by atoms with van der Waals surface area (Å²) in [5.74, 6) is 1.67. The number of H-pyrrole nitrogens is 1. The van der Waals surface area contributed by atoms with Crippen LogP contribution in [0.1, 0.15) is 5.56 Å². The van der Waals surface area contributed by atoms with Gasteiger partial charge in [0.2, 0.25) is 5.95 Å². The number of rotatable bonds is 4. The molecule has 5 nitrogen and oxygen atoms in total. The molecule has 1 heterocycles. The van der Waals surface area contributed by atoms with E-state index in [1.54, 1.807) is 7.11 Å². The first kappa shape index (κ1) is 12.6. The zero-order chi connectivity index (χ0) is 13.1. The minimum absolute atomic E-state index is 0.613. The van der Waals surface area contributed by atoms with Gasteiger partial charge in [-0.3, -0.25) is 4.57 Å². The average Bonchev–Trinajstić information content (AvgIpc) is 2.70. The van der Waals surface area contributed by atoms with Crippen LogP contribution in [-0.4, -0.2) is 28.9 Å². The highest BCUT2D eigenvalue weighted by Gasteiger charge is 2.08. The number of hydrogen-bond acceptors (Lipinski definition) is 4. The van der Waals surface area contributed by atoms with Crippen molar-refractivity contribution >= 4 is 18.2 Å². The van der Waals surface area contributed by atoms with E-state index in [0.29, 0.717) is 4.77 Å². The zero-order valence-electron chi connectivity index (χ0n) is 10.7. The van der Waals surface area contributed by atoms with Crippen molar-refractivity contribution in [2.24, 2.45) is 7.05 Å². The van der Waals surface area contributed by atoms with Gasteiger partial charge in [0.25, 0.3) is 0 Å². The molecule has 18 heavy (non-hydrogen) atoms. The SMILES string of the molecule is COc1cccc(CN(C)c2n[nH]c(=S)n2C)c1. The summed E-state index contributed by atoms with van der Waals surface area (Å²) in [5.41, 5.74) is 1.16. The highest BCUT2D eigenvalue weighted by molar-refractivity contribution is 7.71. The Bertz CT molecular complexity index is 590. The topological polar surface area (TPSA) is 46.1 Å². The monoisotopic (exact) mass is 264 g/mol. The van der Waals surface area contributed by atoms with Crippen molar-refractivity contribution in [1.82, 2.24) is 14.8 Å². The molecule has 0 amide bonds. The minimum Gasteiger partial charge on any atom is -0.497 e. The fourth-order valence-corrected chi connectivity index (χ4v) is 1.92. The van der Waals surface area contributed by atoms with Gasteiger partial charge < -0.3 is 9.64 Å². The van der Waals surface area contributed by atoms with E-state index >= 15 is 0 Å². The normalized spacial score (nSPS) is 10.4. The van der Waals surface area contributed by atoms with Gasteiger partial charge in [-0.15, -0.1) is 5.10 Å². The Labute approximate surface area is 111 Å². The number of nitrogens with one attached hydrogen (secondary N) is 1. The van der Waals surface area contributed by atoms with E-state index in [1.165, 1.54) is 0 Å². The van der Waals surface area contributed by atoms with E-state index < -0.39 is 0 Å². The molecule has 6 heteroatoms. The summed E-state index contributed by atoms with van der Waals surface area (Å²) >= 11 is 5.10. The van der Waals surface area contributed by atoms with Crippen molar-refractivity contribution in [2.75, 3.05) is 19.1 Å². The van der Waals surface area contributed by atoms with Crippen LogP contribution in [0.5, 0.6) is 5.75 Å². The van der Waals surface area contributed by atoms with Crippen molar-refractivity contribution in [3.8, 4) is 5.75 Å². The molecule has 1 N–H and O–H groups in total. The van der Waals surface area contributed by atoms with Crippen LogP contribution in [-0.2, 0) is 13.6 Å². The Morgan fingerprint density at radius 2 is 2.28 bits per heavy atom. The summed E-state index contributed by atoms with van der Waals surface area (Å²) in [7, 11) is 5.54. The summed E-state index contributed by atoms with van der Waals surface area (Å²) in [5, 5.41) is 6.97. The van der Waals surface area contributed by atoms with E-state index in [-0.39, 0.29) is 0 Å². The van der Waals surface area contributed by atoms with Gasteiger partial charge in [-0.25, -0.2) is 5.10 Å². The lowest BCUT2D eigenvalue weighted by molar-refractivity contribution is 0.414. The number of aromatic nitrogens is 3. The van der Waals surface area contributed by atoms with Crippen molar-refractivity contribution < 1.29 is 4.74 Å². The summed E-state index contributed by atoms with van der Waals surface area (Å²) < 4.78 is 7.66. The van der Waals surface area contributed by atoms with Gasteiger partial charge in [-0.05, 0) is 29.9 Å². The van der Waals surface area contributed by atoms with Gasteiger partial charge in [-0.2, -0.15) is 0 Å². The number of hydrogen-bond donors (Lipinski definition) is 1. The zero-order valence-corrected chi connectivity index (χ0v) is 11.5. The largest absolute Gasteiger partial charge is 0.497 e. The molecule has 0 unspecified atom stereocenters. The number of anilines is 1. The summed E-state index contributed by atoms with van der Waals surface area (Å²) in [6.07, 6.45) is 0. The molecule has 0 aliphatic rings. The predicted octanol–water partition coefficient (Wildman–Crippen LogP) is 2.12. The Morgan fingerprint density at radius 3 is 2.89 bits per heavy atom. The molecular formula is C12H16N4OS. The van der Waals surface area contributed by atoms with Crippen LogP contribution in [0, 0.1) is 4.77 Å². The Kier molecular flexibility index (Phi) is 3.66. The molecular weight excluding hydrogens is 248 g/mol. The van der Waals surface area contributed by atoms with E-state index in [1.807, 2.05) is 41.8 Å². The van der Waals surface area contributed by atoms with Crippen molar-refractivity contribution in [1.29, 1.82) is 0 Å². The van der Waals surface area contributed by atoms with Crippen LogP contribution in [0.2, 0.25) is 0 Å². The van der Waals surface area contributed by atoms with E-state index in [0.717, 1.165) is 23.8 Å². The number of ether oxygens (including phenoxy) is 1. The van der Waals surface area contributed by atoms with Gasteiger partial charge in [0.15, 0.2) is 4.77 Å². The third-order valence-corrected chi connectivity index (χ3v) is 3.12. The van der Waals surface area contributed by atoms with Crippen molar-refractivity contribution in [3.05, 3.63) is 34.6 Å². The molecule has 0 bridgehead atoms. The number of benzene rings is 1. The highest BCUT2D eigenvalue weighted by Crippen LogP contribution is 2.16. The minimum atomic E-state index is 0.613. The summed E-state index contributed by atoms with van der Waals surface area (Å²) in [4.78, 5) is 2.03. The second-order valence-corrected chi connectivity index (χ2v) is 4.48. The van der Waals surface area contributed by atoms with E-state index in [9.17, 15) is 0 Å². The van der Waals surface area contributed by atoms with Gasteiger partial charge in [-0.1, -0.05) is 12.1 Å². The fraction of sp³-hybridized carbons (Fsp3) is 0.333. The lowest BCUT2D eigenvalue weighted by atomic mass is 10.2. The predicted molar refractivity (Wildman–Crippen MR) is 73.5 cm³/mol. The fourth-order valence-electron chi connectivity index (χ4n) is 1.80. The molecule has 2 aromatic rings. The van der Waals surface area contributed by atoms with E-state index in [4.69, 9.17) is 17.0 Å². The molecule has 0 radical (unpaired) electrons. The standard InChI is InChI=1S/C12H16N4OS/c1-15(11-13-14-12(18)16(11)2)8-9-5-4-6-10(7-9)17-3/h4-7H,8H2,1-3H3,(H,14,18). The first-order chi connectivity index (χ1) is 8.61. The molecule has 0 saturated heterocycles. The number of methoxy groups -OCH3 is 1. The molecule has 2 rings (SSSR count). The molecule has 0 fully saturated rings. The number of aromatic amines is 1. The first-order valence-corrected chi connectivity index (χ1v) is 5.98. The molecule has 0 aliphatic heterocycles. The molecule has 1 aromatic heterocycles. The van der Waals surface area contributed by atoms with Crippen LogP contribution in [0.25, 0.3) is 0 Å². The summed E-state index contributed by atoms with van der Waals surface area (Å²) in [6, 6.07) is 7.97. The maximum absolute atomic E-state index is 5.21. The lowest BCUT2D eigenvalue weighted by Gasteiger charge is -2.17. The van der Waals surface area contributed by atoms with Crippen LogP contribution < -0.4 is 9.64 Å². The van der Waals surface area contributed by atoms with E-state index in [2.05, 4.69) is 16.3 Å². The van der Waals surface area contributed by atoms with Crippen LogP contribution >= 0.6 is 12.2 Å². The Morgan fingerprint density at radius 1 is 1.50 bits per heavy atom. The molecule has 1 aromatic carbocycles. The molecule has 0 spiro atoms. The molecule has 0 atom stereocenters. The Balaban J connectivity index is 2.18. The second-order valence-electron chi connectivity index (χ2n) is 4.10. The van der Waals surface area contributed by atoms with Gasteiger partial charge in [0.1, 0.15) is 5.75 Å². The van der Waals surface area contributed by atoms with Crippen LogP contribution in [0.15, 0.2) is 24.3 Å².